The summed E-state index contributed by atoms with van der Waals surface area (Å²) in [7, 11) is 0. The molecule has 1 aromatic heterocycles. The lowest BCUT2D eigenvalue weighted by atomic mass is 10.1. The van der Waals surface area contributed by atoms with E-state index in [9.17, 15) is 18.8 Å². The molecule has 2 aliphatic carbocycles. The zero-order valence-corrected chi connectivity index (χ0v) is 18.9. The fraction of sp³-hybridized carbons (Fsp3) is 0.500. The lowest BCUT2D eigenvalue weighted by Crippen LogP contribution is -2.49. The molecule has 2 aromatic rings. The van der Waals surface area contributed by atoms with Gasteiger partial charge in [0.15, 0.2) is 5.60 Å². The third-order valence-corrected chi connectivity index (χ3v) is 6.93. The summed E-state index contributed by atoms with van der Waals surface area (Å²) in [6.07, 6.45) is 5.44. The zero-order chi connectivity index (χ0) is 23.9. The SMILES string of the molecule is CC1CC1C(=O)NCC(=O)N1C[C@@H](NC(=O)C2(Oc3ccc(F)cc3)CC2)[C@@H](n2cccn2)C1. The molecule has 1 saturated heterocycles. The summed E-state index contributed by atoms with van der Waals surface area (Å²) >= 11 is 0. The van der Waals surface area contributed by atoms with Crippen molar-refractivity contribution in [1.29, 1.82) is 0 Å². The van der Waals surface area contributed by atoms with Crippen LogP contribution in [0.1, 0.15) is 32.2 Å². The fourth-order valence-electron chi connectivity index (χ4n) is 4.49. The Morgan fingerprint density at radius 1 is 1.21 bits per heavy atom. The van der Waals surface area contributed by atoms with E-state index >= 15 is 0 Å². The van der Waals surface area contributed by atoms with Gasteiger partial charge in [-0.3, -0.25) is 19.1 Å². The van der Waals surface area contributed by atoms with E-state index < -0.39 is 5.60 Å². The molecule has 3 aliphatic rings. The fourth-order valence-corrected chi connectivity index (χ4v) is 4.49. The van der Waals surface area contributed by atoms with Crippen LogP contribution in [0.3, 0.4) is 0 Å². The van der Waals surface area contributed by atoms with Crippen molar-refractivity contribution in [3.63, 3.8) is 0 Å². The minimum absolute atomic E-state index is 0.00563. The van der Waals surface area contributed by atoms with E-state index in [1.807, 2.05) is 6.92 Å². The third-order valence-electron chi connectivity index (χ3n) is 6.93. The zero-order valence-electron chi connectivity index (χ0n) is 18.9. The van der Waals surface area contributed by atoms with Crippen molar-refractivity contribution >= 4 is 17.7 Å². The van der Waals surface area contributed by atoms with Crippen LogP contribution in [0.2, 0.25) is 0 Å². The number of nitrogens with zero attached hydrogens (tertiary/aromatic N) is 3. The molecule has 2 saturated carbocycles. The van der Waals surface area contributed by atoms with Gasteiger partial charge in [0, 0.05) is 44.2 Å². The predicted octanol–water partition coefficient (Wildman–Crippen LogP) is 1.27. The van der Waals surface area contributed by atoms with Gasteiger partial charge in [0.2, 0.25) is 11.8 Å². The Morgan fingerprint density at radius 2 is 1.94 bits per heavy atom. The van der Waals surface area contributed by atoms with E-state index in [0.29, 0.717) is 37.6 Å². The van der Waals surface area contributed by atoms with Crippen LogP contribution in [-0.4, -0.2) is 63.7 Å². The van der Waals surface area contributed by atoms with Crippen molar-refractivity contribution in [1.82, 2.24) is 25.3 Å². The van der Waals surface area contributed by atoms with Crippen LogP contribution in [0.4, 0.5) is 4.39 Å². The molecule has 2 heterocycles. The number of amides is 3. The Balaban J connectivity index is 1.23. The Kier molecular flexibility index (Phi) is 5.75. The number of carbonyl (C=O) groups excluding carboxylic acids is 3. The number of ether oxygens (including phenoxy) is 1. The van der Waals surface area contributed by atoms with Gasteiger partial charge in [0.1, 0.15) is 11.6 Å². The van der Waals surface area contributed by atoms with Crippen LogP contribution in [0.5, 0.6) is 5.75 Å². The topological polar surface area (TPSA) is 106 Å². The molecule has 2 N–H and O–H groups in total. The summed E-state index contributed by atoms with van der Waals surface area (Å²) in [5.74, 6) is -0.0989. The quantitative estimate of drug-likeness (QED) is 0.606. The van der Waals surface area contributed by atoms with Gasteiger partial charge >= 0.3 is 0 Å². The first-order valence-corrected chi connectivity index (χ1v) is 11.6. The molecule has 3 amide bonds. The van der Waals surface area contributed by atoms with Crippen molar-refractivity contribution in [3.8, 4) is 5.75 Å². The second kappa shape index (κ2) is 8.73. The van der Waals surface area contributed by atoms with Crippen LogP contribution >= 0.6 is 0 Å². The molecular weight excluding hydrogens is 441 g/mol. The van der Waals surface area contributed by atoms with Gasteiger partial charge in [-0.2, -0.15) is 5.10 Å². The van der Waals surface area contributed by atoms with Gasteiger partial charge < -0.3 is 20.3 Å². The number of likely N-dealkylation sites (tertiary alicyclic amines) is 1. The van der Waals surface area contributed by atoms with Gasteiger partial charge in [0.25, 0.3) is 5.91 Å². The Labute approximate surface area is 196 Å². The van der Waals surface area contributed by atoms with Gasteiger partial charge in [0.05, 0.1) is 18.6 Å². The number of halogens is 1. The summed E-state index contributed by atoms with van der Waals surface area (Å²) in [5.41, 5.74) is -0.987. The van der Waals surface area contributed by atoms with E-state index in [1.165, 1.54) is 24.3 Å². The highest BCUT2D eigenvalue weighted by atomic mass is 19.1. The standard InChI is InChI=1S/C24H28FN5O4/c1-15-11-18(15)22(32)26-12-21(31)29-13-19(20(14-29)30-10-2-9-27-30)28-23(33)24(7-8-24)34-17-5-3-16(25)4-6-17/h2-6,9-10,15,18-20H,7-8,11-14H2,1H3,(H,26,32)(H,28,33)/t15?,18?,19-,20+/m1/s1. The third kappa shape index (κ3) is 4.62. The number of nitrogens with one attached hydrogen (secondary N) is 2. The minimum Gasteiger partial charge on any atom is -0.477 e. The van der Waals surface area contributed by atoms with E-state index in [4.69, 9.17) is 4.74 Å². The van der Waals surface area contributed by atoms with Crippen LogP contribution in [-0.2, 0) is 14.4 Å². The molecule has 0 bridgehead atoms. The normalized spacial score (nSPS) is 26.6. The molecule has 2 unspecified atom stereocenters. The Bertz CT molecular complexity index is 1070. The number of rotatable bonds is 8. The number of aromatic nitrogens is 2. The van der Waals surface area contributed by atoms with E-state index in [0.717, 1.165) is 6.42 Å². The number of benzene rings is 1. The molecule has 1 aliphatic heterocycles. The van der Waals surface area contributed by atoms with E-state index in [1.54, 1.807) is 28.0 Å². The summed E-state index contributed by atoms with van der Waals surface area (Å²) < 4.78 is 20.9. The van der Waals surface area contributed by atoms with Crippen molar-refractivity contribution in [2.75, 3.05) is 19.6 Å². The van der Waals surface area contributed by atoms with Crippen LogP contribution in [0, 0.1) is 17.7 Å². The highest BCUT2D eigenvalue weighted by Crippen LogP contribution is 2.41. The van der Waals surface area contributed by atoms with Crippen LogP contribution in [0.15, 0.2) is 42.7 Å². The van der Waals surface area contributed by atoms with Crippen molar-refractivity contribution in [3.05, 3.63) is 48.5 Å². The summed E-state index contributed by atoms with van der Waals surface area (Å²) in [5, 5.41) is 10.1. The first kappa shape index (κ1) is 22.4. The van der Waals surface area contributed by atoms with Crippen molar-refractivity contribution in [2.24, 2.45) is 11.8 Å². The van der Waals surface area contributed by atoms with Gasteiger partial charge in [-0.15, -0.1) is 0 Å². The summed E-state index contributed by atoms with van der Waals surface area (Å²) in [4.78, 5) is 39.7. The van der Waals surface area contributed by atoms with Crippen molar-refractivity contribution in [2.45, 2.75) is 43.9 Å². The molecule has 180 valence electrons. The second-order valence-corrected chi connectivity index (χ2v) is 9.52. The molecule has 0 spiro atoms. The van der Waals surface area contributed by atoms with Crippen LogP contribution < -0.4 is 15.4 Å². The molecule has 10 heteroatoms. The highest BCUT2D eigenvalue weighted by Gasteiger charge is 2.54. The largest absolute Gasteiger partial charge is 0.477 e. The van der Waals surface area contributed by atoms with E-state index in [-0.39, 0.29) is 48.1 Å². The first-order valence-electron chi connectivity index (χ1n) is 11.6. The molecule has 4 atom stereocenters. The molecule has 5 rings (SSSR count). The summed E-state index contributed by atoms with van der Waals surface area (Å²) in [6, 6.07) is 6.76. The van der Waals surface area contributed by atoms with Gasteiger partial charge in [-0.05, 0) is 42.7 Å². The Morgan fingerprint density at radius 3 is 2.56 bits per heavy atom. The maximum Gasteiger partial charge on any atom is 0.264 e. The lowest BCUT2D eigenvalue weighted by molar-refractivity contribution is -0.133. The first-order chi connectivity index (χ1) is 16.3. The molecule has 34 heavy (non-hydrogen) atoms. The molecule has 3 fully saturated rings. The smallest absolute Gasteiger partial charge is 0.264 e. The average Bonchev–Trinajstić information content (AvgIpc) is 3.63. The number of hydrogen-bond acceptors (Lipinski definition) is 5. The second-order valence-electron chi connectivity index (χ2n) is 9.52. The van der Waals surface area contributed by atoms with Gasteiger partial charge in [-0.1, -0.05) is 6.92 Å². The molecule has 1 aromatic carbocycles. The highest BCUT2D eigenvalue weighted by molar-refractivity contribution is 5.89. The number of hydrogen-bond donors (Lipinski definition) is 2. The average molecular weight is 470 g/mol. The Hall–Kier alpha value is -3.43. The minimum atomic E-state index is -0.987. The molecule has 0 radical (unpaired) electrons. The molecule has 9 nitrogen and oxygen atoms in total. The number of carbonyl (C=O) groups is 3. The monoisotopic (exact) mass is 469 g/mol. The van der Waals surface area contributed by atoms with Crippen molar-refractivity contribution < 1.29 is 23.5 Å². The van der Waals surface area contributed by atoms with E-state index in [2.05, 4.69) is 15.7 Å². The predicted molar refractivity (Wildman–Crippen MR) is 119 cm³/mol. The van der Waals surface area contributed by atoms with Crippen LogP contribution in [0.25, 0.3) is 0 Å². The molecular formula is C24H28FN5O4. The maximum absolute atomic E-state index is 13.2. The summed E-state index contributed by atoms with van der Waals surface area (Å²) in [6.45, 7) is 2.62. The maximum atomic E-state index is 13.2. The lowest BCUT2D eigenvalue weighted by Gasteiger charge is -2.24. The van der Waals surface area contributed by atoms with Gasteiger partial charge in [-0.25, -0.2) is 4.39 Å².